The molecule has 0 unspecified atom stereocenters. The molecule has 3 amide bonds. The Hall–Kier alpha value is -4.82. The Bertz CT molecular complexity index is 1540. The molecule has 0 aliphatic carbocycles. The summed E-state index contributed by atoms with van der Waals surface area (Å²) in [6.45, 7) is 4.32. The van der Waals surface area contributed by atoms with E-state index in [0.29, 0.717) is 29.2 Å². The van der Waals surface area contributed by atoms with Crippen LogP contribution in [0.3, 0.4) is 0 Å². The number of hydrogen-bond acceptors (Lipinski definition) is 5. The van der Waals surface area contributed by atoms with Crippen LogP contribution in [-0.4, -0.2) is 30.1 Å². The van der Waals surface area contributed by atoms with Gasteiger partial charge in [-0.1, -0.05) is 60.2 Å². The van der Waals surface area contributed by atoms with Crippen LogP contribution in [0.1, 0.15) is 28.4 Å². The second kappa shape index (κ2) is 14.5. The molecule has 0 bridgehead atoms. The number of aryl methyl sites for hydroxylation is 1. The van der Waals surface area contributed by atoms with Crippen molar-refractivity contribution < 1.29 is 19.1 Å². The standard InChI is InChI=1S/C33H31N3O4S/c1-3-40-30-15-8-7-12-25(30)20-29(36-32(38)24-10-5-4-6-11-24)33(39)35-27-13-9-14-28(21-27)41-22-31(37)34-26-18-16-23(2)17-19-26/h4-21H,3,22H2,1-2H3,(H,34,37)(H,35,39)(H,36,38)/b29-20+. The van der Waals surface area contributed by atoms with Gasteiger partial charge in [-0.15, -0.1) is 11.8 Å². The van der Waals surface area contributed by atoms with Crippen molar-refractivity contribution in [2.24, 2.45) is 0 Å². The topological polar surface area (TPSA) is 96.5 Å². The van der Waals surface area contributed by atoms with Gasteiger partial charge in [0.15, 0.2) is 0 Å². The summed E-state index contributed by atoms with van der Waals surface area (Å²) in [6, 6.07) is 30.8. The summed E-state index contributed by atoms with van der Waals surface area (Å²) in [5.41, 5.74) is 3.51. The third kappa shape index (κ3) is 8.84. The van der Waals surface area contributed by atoms with Gasteiger partial charge in [0, 0.05) is 27.4 Å². The zero-order chi connectivity index (χ0) is 29.0. The summed E-state index contributed by atoms with van der Waals surface area (Å²) < 4.78 is 5.71. The SMILES string of the molecule is CCOc1ccccc1/C=C(/NC(=O)c1ccccc1)C(=O)Nc1cccc(SCC(=O)Nc2ccc(C)cc2)c1. The van der Waals surface area contributed by atoms with Crippen molar-refractivity contribution in [2.75, 3.05) is 23.0 Å². The second-order valence-electron chi connectivity index (χ2n) is 9.03. The molecule has 0 spiro atoms. The predicted octanol–water partition coefficient (Wildman–Crippen LogP) is 6.53. The summed E-state index contributed by atoms with van der Waals surface area (Å²) >= 11 is 1.35. The maximum absolute atomic E-state index is 13.5. The van der Waals surface area contributed by atoms with E-state index in [1.165, 1.54) is 11.8 Å². The highest BCUT2D eigenvalue weighted by atomic mass is 32.2. The molecule has 0 radical (unpaired) electrons. The molecule has 0 saturated heterocycles. The molecule has 0 aliphatic heterocycles. The number of carbonyl (C=O) groups is 3. The van der Waals surface area contributed by atoms with Crippen LogP contribution >= 0.6 is 11.8 Å². The van der Waals surface area contributed by atoms with E-state index in [1.54, 1.807) is 54.6 Å². The Kier molecular flexibility index (Phi) is 10.3. The smallest absolute Gasteiger partial charge is 0.272 e. The number of hydrogen-bond donors (Lipinski definition) is 3. The van der Waals surface area contributed by atoms with E-state index in [1.807, 2.05) is 68.4 Å². The zero-order valence-corrected chi connectivity index (χ0v) is 23.7. The molecule has 0 atom stereocenters. The summed E-state index contributed by atoms with van der Waals surface area (Å²) in [5, 5.41) is 8.50. The van der Waals surface area contributed by atoms with Gasteiger partial charge >= 0.3 is 0 Å². The molecule has 3 N–H and O–H groups in total. The molecule has 0 fully saturated rings. The first-order valence-electron chi connectivity index (χ1n) is 13.1. The summed E-state index contributed by atoms with van der Waals surface area (Å²) in [7, 11) is 0. The van der Waals surface area contributed by atoms with E-state index in [4.69, 9.17) is 4.74 Å². The number of rotatable bonds is 11. The summed E-state index contributed by atoms with van der Waals surface area (Å²) in [5.74, 6) is -0.242. The largest absolute Gasteiger partial charge is 0.493 e. The third-order valence-electron chi connectivity index (χ3n) is 5.84. The molecule has 0 heterocycles. The van der Waals surface area contributed by atoms with Crippen LogP contribution in [0.5, 0.6) is 5.75 Å². The number of para-hydroxylation sites is 1. The maximum Gasteiger partial charge on any atom is 0.272 e. The molecule has 4 aromatic rings. The first-order chi connectivity index (χ1) is 19.9. The number of ether oxygens (including phenoxy) is 1. The number of anilines is 2. The minimum atomic E-state index is -0.500. The number of amides is 3. The van der Waals surface area contributed by atoms with Crippen LogP contribution in [-0.2, 0) is 9.59 Å². The molecule has 8 heteroatoms. The Labute approximate surface area is 244 Å². The minimum Gasteiger partial charge on any atom is -0.493 e. The van der Waals surface area contributed by atoms with Gasteiger partial charge < -0.3 is 20.7 Å². The lowest BCUT2D eigenvalue weighted by atomic mass is 10.1. The molecule has 41 heavy (non-hydrogen) atoms. The van der Waals surface area contributed by atoms with E-state index in [0.717, 1.165) is 16.1 Å². The lowest BCUT2D eigenvalue weighted by molar-refractivity contribution is -0.114. The van der Waals surface area contributed by atoms with Gasteiger partial charge in [0.1, 0.15) is 11.4 Å². The van der Waals surface area contributed by atoms with Crippen molar-refractivity contribution in [3.05, 3.63) is 126 Å². The van der Waals surface area contributed by atoms with E-state index in [2.05, 4.69) is 16.0 Å². The molecule has 0 aliphatic rings. The maximum atomic E-state index is 13.5. The van der Waals surface area contributed by atoms with Crippen LogP contribution in [0.4, 0.5) is 11.4 Å². The Morgan fingerprint density at radius 3 is 2.29 bits per heavy atom. The van der Waals surface area contributed by atoms with Crippen molar-refractivity contribution in [1.29, 1.82) is 0 Å². The molecule has 4 aromatic carbocycles. The highest BCUT2D eigenvalue weighted by Crippen LogP contribution is 2.24. The second-order valence-corrected chi connectivity index (χ2v) is 10.1. The van der Waals surface area contributed by atoms with Gasteiger partial charge in [0.2, 0.25) is 5.91 Å². The first kappa shape index (κ1) is 29.2. The van der Waals surface area contributed by atoms with Gasteiger partial charge in [-0.05, 0) is 68.5 Å². The van der Waals surface area contributed by atoms with E-state index >= 15 is 0 Å². The van der Waals surface area contributed by atoms with E-state index < -0.39 is 11.8 Å². The first-order valence-corrected chi connectivity index (χ1v) is 14.1. The van der Waals surface area contributed by atoms with Crippen LogP contribution in [0.2, 0.25) is 0 Å². The lowest BCUT2D eigenvalue weighted by Gasteiger charge is -2.13. The fraction of sp³-hybridized carbons (Fsp3) is 0.121. The normalized spacial score (nSPS) is 10.9. The van der Waals surface area contributed by atoms with Gasteiger partial charge in [-0.25, -0.2) is 0 Å². The predicted molar refractivity (Wildman–Crippen MR) is 165 cm³/mol. The van der Waals surface area contributed by atoms with Crippen molar-refractivity contribution in [2.45, 2.75) is 18.7 Å². The average molecular weight is 566 g/mol. The Morgan fingerprint density at radius 2 is 1.54 bits per heavy atom. The number of thioether (sulfide) groups is 1. The van der Waals surface area contributed by atoms with Crippen molar-refractivity contribution in [3.8, 4) is 5.75 Å². The van der Waals surface area contributed by atoms with Crippen LogP contribution in [0, 0.1) is 6.92 Å². The molecule has 0 saturated carbocycles. The van der Waals surface area contributed by atoms with Gasteiger partial charge in [-0.3, -0.25) is 14.4 Å². The molecular weight excluding hydrogens is 534 g/mol. The Balaban J connectivity index is 1.48. The molecule has 0 aromatic heterocycles. The molecular formula is C33H31N3O4S. The third-order valence-corrected chi connectivity index (χ3v) is 6.84. The van der Waals surface area contributed by atoms with Gasteiger partial charge in [0.05, 0.1) is 12.4 Å². The highest BCUT2D eigenvalue weighted by Gasteiger charge is 2.16. The van der Waals surface area contributed by atoms with Gasteiger partial charge in [-0.2, -0.15) is 0 Å². The van der Waals surface area contributed by atoms with Gasteiger partial charge in [0.25, 0.3) is 11.8 Å². The molecule has 4 rings (SSSR count). The lowest BCUT2D eigenvalue weighted by Crippen LogP contribution is -2.30. The van der Waals surface area contributed by atoms with Crippen molar-refractivity contribution in [3.63, 3.8) is 0 Å². The zero-order valence-electron chi connectivity index (χ0n) is 22.8. The summed E-state index contributed by atoms with van der Waals surface area (Å²) in [4.78, 5) is 39.6. The Morgan fingerprint density at radius 1 is 0.805 bits per heavy atom. The fourth-order valence-corrected chi connectivity index (χ4v) is 4.58. The molecule has 208 valence electrons. The van der Waals surface area contributed by atoms with Crippen LogP contribution < -0.4 is 20.7 Å². The number of benzene rings is 4. The quantitative estimate of drug-likeness (QED) is 0.142. The van der Waals surface area contributed by atoms with E-state index in [9.17, 15) is 14.4 Å². The average Bonchev–Trinajstić information content (AvgIpc) is 2.98. The number of nitrogens with one attached hydrogen (secondary N) is 3. The highest BCUT2D eigenvalue weighted by molar-refractivity contribution is 8.00. The van der Waals surface area contributed by atoms with Crippen LogP contribution in [0.25, 0.3) is 6.08 Å². The monoisotopic (exact) mass is 565 g/mol. The molecule has 7 nitrogen and oxygen atoms in total. The van der Waals surface area contributed by atoms with Crippen LogP contribution in [0.15, 0.2) is 114 Å². The van der Waals surface area contributed by atoms with Crippen molar-refractivity contribution >= 4 is 46.9 Å². The van der Waals surface area contributed by atoms with Crippen molar-refractivity contribution in [1.82, 2.24) is 5.32 Å². The fourth-order valence-electron chi connectivity index (χ4n) is 3.83. The van der Waals surface area contributed by atoms with E-state index in [-0.39, 0.29) is 17.4 Å². The minimum absolute atomic E-state index is 0.0570. The number of carbonyl (C=O) groups excluding carboxylic acids is 3. The summed E-state index contributed by atoms with van der Waals surface area (Å²) in [6.07, 6.45) is 1.59.